The van der Waals surface area contributed by atoms with Gasteiger partial charge in [-0.3, -0.25) is 0 Å². The van der Waals surface area contributed by atoms with Crippen molar-refractivity contribution in [2.45, 2.75) is 12.8 Å². The van der Waals surface area contributed by atoms with E-state index in [1.807, 2.05) is 0 Å². The van der Waals surface area contributed by atoms with Gasteiger partial charge in [-0.2, -0.15) is 0 Å². The smallest absolute Gasteiger partial charge is 0.338 e. The molecule has 2 aromatic rings. The molecule has 29 heavy (non-hydrogen) atoms. The van der Waals surface area contributed by atoms with Crippen molar-refractivity contribution in [1.29, 1.82) is 0 Å². The van der Waals surface area contributed by atoms with Crippen LogP contribution in [0.15, 0.2) is 73.2 Å². The molecule has 2 aromatic carbocycles. The molecule has 0 aliphatic heterocycles. The Balaban J connectivity index is 1.52. The number of phenolic OH excluding ortho intramolecular Hbond substituents is 2. The first-order valence-electron chi connectivity index (χ1n) is 8.94. The number of hydrogen-bond donors (Lipinski definition) is 2. The average Bonchev–Trinajstić information content (AvgIpc) is 2.72. The standard InChI is InChI=1S/C22H22O7/c23-19-9-5-17(6-10-19)21(25)28-15-3-1-13-27-14-2-4-16-29-22(26)18-7-11-20(24)12-8-18/h1-2,5-14,23-24H,3-4,15-16H2. The summed E-state index contributed by atoms with van der Waals surface area (Å²) < 4.78 is 15.3. The van der Waals surface area contributed by atoms with Gasteiger partial charge in [0, 0.05) is 12.8 Å². The van der Waals surface area contributed by atoms with Crippen molar-refractivity contribution < 1.29 is 34.0 Å². The van der Waals surface area contributed by atoms with E-state index in [0.717, 1.165) is 0 Å². The molecule has 7 nitrogen and oxygen atoms in total. The molecule has 152 valence electrons. The molecular formula is C22H22O7. The Labute approximate surface area is 168 Å². The molecule has 0 heterocycles. The number of phenols is 2. The number of carbonyl (C=O) groups excluding carboxylic acids is 2. The number of esters is 2. The fourth-order valence-corrected chi connectivity index (χ4v) is 2.09. The van der Waals surface area contributed by atoms with E-state index in [2.05, 4.69) is 0 Å². The summed E-state index contributed by atoms with van der Waals surface area (Å²) in [6.45, 7) is 0.410. The lowest BCUT2D eigenvalue weighted by Gasteiger charge is -2.03. The van der Waals surface area contributed by atoms with E-state index in [1.54, 1.807) is 12.2 Å². The van der Waals surface area contributed by atoms with E-state index in [1.165, 1.54) is 61.1 Å². The third kappa shape index (κ3) is 8.21. The van der Waals surface area contributed by atoms with Gasteiger partial charge in [0.25, 0.3) is 0 Å². The molecule has 0 unspecified atom stereocenters. The van der Waals surface area contributed by atoms with Gasteiger partial charge in [0.15, 0.2) is 0 Å². The van der Waals surface area contributed by atoms with Crippen molar-refractivity contribution in [3.8, 4) is 11.5 Å². The maximum absolute atomic E-state index is 11.7. The largest absolute Gasteiger partial charge is 0.508 e. The van der Waals surface area contributed by atoms with Gasteiger partial charge in [0.05, 0.1) is 36.9 Å². The van der Waals surface area contributed by atoms with Crippen molar-refractivity contribution in [3.05, 3.63) is 84.3 Å². The van der Waals surface area contributed by atoms with E-state index in [-0.39, 0.29) is 24.7 Å². The van der Waals surface area contributed by atoms with Crippen LogP contribution in [0.4, 0.5) is 0 Å². The Bertz CT molecular complexity index is 765. The quantitative estimate of drug-likeness (QED) is 0.355. The summed E-state index contributed by atoms with van der Waals surface area (Å²) in [7, 11) is 0. The highest BCUT2D eigenvalue weighted by molar-refractivity contribution is 5.89. The lowest BCUT2D eigenvalue weighted by molar-refractivity contribution is 0.0502. The number of ether oxygens (including phenoxy) is 3. The monoisotopic (exact) mass is 398 g/mol. The van der Waals surface area contributed by atoms with Gasteiger partial charge in [-0.25, -0.2) is 9.59 Å². The van der Waals surface area contributed by atoms with E-state index in [9.17, 15) is 19.8 Å². The van der Waals surface area contributed by atoms with Crippen LogP contribution in [0.25, 0.3) is 0 Å². The van der Waals surface area contributed by atoms with E-state index in [0.29, 0.717) is 24.0 Å². The van der Waals surface area contributed by atoms with E-state index >= 15 is 0 Å². The highest BCUT2D eigenvalue weighted by Crippen LogP contribution is 2.11. The van der Waals surface area contributed by atoms with Crippen LogP contribution in [-0.2, 0) is 14.2 Å². The van der Waals surface area contributed by atoms with Crippen LogP contribution in [0.5, 0.6) is 11.5 Å². The first kappa shape index (κ1) is 21.6. The van der Waals surface area contributed by atoms with Crippen molar-refractivity contribution in [2.75, 3.05) is 13.2 Å². The molecule has 2 N–H and O–H groups in total. The average molecular weight is 398 g/mol. The van der Waals surface area contributed by atoms with Crippen molar-refractivity contribution >= 4 is 11.9 Å². The van der Waals surface area contributed by atoms with Gasteiger partial charge in [0.1, 0.15) is 11.5 Å². The number of hydrogen-bond acceptors (Lipinski definition) is 7. The molecule has 2 rings (SSSR count). The molecule has 0 saturated heterocycles. The Morgan fingerprint density at radius 1 is 0.690 bits per heavy atom. The molecule has 0 spiro atoms. The summed E-state index contributed by atoms with van der Waals surface area (Å²) in [5.41, 5.74) is 0.745. The minimum absolute atomic E-state index is 0.0881. The molecule has 7 heteroatoms. The first-order chi connectivity index (χ1) is 14.1. The van der Waals surface area contributed by atoms with Gasteiger partial charge in [-0.1, -0.05) is 0 Å². The van der Waals surface area contributed by atoms with Crippen molar-refractivity contribution in [1.82, 2.24) is 0 Å². The molecular weight excluding hydrogens is 376 g/mol. The number of aromatic hydroxyl groups is 2. The second-order valence-corrected chi connectivity index (χ2v) is 5.82. The third-order valence-electron chi connectivity index (χ3n) is 3.59. The second kappa shape index (κ2) is 11.9. The Morgan fingerprint density at radius 2 is 1.07 bits per heavy atom. The van der Waals surface area contributed by atoms with Crippen LogP contribution in [0, 0.1) is 0 Å². The molecule has 0 amide bonds. The molecule has 0 bridgehead atoms. The van der Waals surface area contributed by atoms with Crippen LogP contribution in [0.3, 0.4) is 0 Å². The highest BCUT2D eigenvalue weighted by atomic mass is 16.5. The summed E-state index contributed by atoms with van der Waals surface area (Å²) in [6, 6.07) is 11.6. The lowest BCUT2D eigenvalue weighted by Crippen LogP contribution is -2.05. The summed E-state index contributed by atoms with van der Waals surface area (Å²) in [5, 5.41) is 18.3. The van der Waals surface area contributed by atoms with Crippen LogP contribution in [0.1, 0.15) is 33.6 Å². The molecule has 0 aliphatic carbocycles. The van der Waals surface area contributed by atoms with Crippen LogP contribution < -0.4 is 0 Å². The Kier molecular flexibility index (Phi) is 8.82. The molecule has 0 fully saturated rings. The molecule has 0 saturated carbocycles. The normalized spacial score (nSPS) is 10.9. The topological polar surface area (TPSA) is 102 Å². The molecule has 0 atom stereocenters. The van der Waals surface area contributed by atoms with Crippen LogP contribution in [0.2, 0.25) is 0 Å². The van der Waals surface area contributed by atoms with Crippen LogP contribution >= 0.6 is 0 Å². The Hall–Kier alpha value is -3.74. The molecule has 0 aliphatic rings. The predicted octanol–water partition coefficient (Wildman–Crippen LogP) is 3.94. The maximum Gasteiger partial charge on any atom is 0.338 e. The number of benzene rings is 2. The summed E-state index contributed by atoms with van der Waals surface area (Å²) >= 11 is 0. The zero-order valence-corrected chi connectivity index (χ0v) is 15.7. The Morgan fingerprint density at radius 3 is 1.45 bits per heavy atom. The van der Waals surface area contributed by atoms with Crippen molar-refractivity contribution in [2.24, 2.45) is 0 Å². The van der Waals surface area contributed by atoms with Gasteiger partial charge in [0.2, 0.25) is 0 Å². The third-order valence-corrected chi connectivity index (χ3v) is 3.59. The fraction of sp³-hybridized carbons (Fsp3) is 0.182. The highest BCUT2D eigenvalue weighted by Gasteiger charge is 2.06. The van der Waals surface area contributed by atoms with Gasteiger partial charge < -0.3 is 24.4 Å². The zero-order valence-electron chi connectivity index (χ0n) is 15.7. The van der Waals surface area contributed by atoms with Crippen molar-refractivity contribution in [3.63, 3.8) is 0 Å². The lowest BCUT2D eigenvalue weighted by atomic mass is 10.2. The zero-order chi connectivity index (χ0) is 20.9. The maximum atomic E-state index is 11.7. The van der Waals surface area contributed by atoms with Gasteiger partial charge in [-0.05, 0) is 60.7 Å². The summed E-state index contributed by atoms with van der Waals surface area (Å²) in [6.07, 6.45) is 7.32. The SMILES string of the molecule is O=C(OCCC=COC=CCCOC(=O)c1ccc(O)cc1)c1ccc(O)cc1. The van der Waals surface area contributed by atoms with Crippen LogP contribution in [-0.4, -0.2) is 35.4 Å². The predicted molar refractivity (Wildman–Crippen MR) is 105 cm³/mol. The number of rotatable bonds is 10. The molecule has 0 radical (unpaired) electrons. The second-order valence-electron chi connectivity index (χ2n) is 5.82. The molecule has 0 aromatic heterocycles. The summed E-state index contributed by atoms with van der Waals surface area (Å²) in [5.74, 6) is -0.738. The minimum atomic E-state index is -0.457. The fourth-order valence-electron chi connectivity index (χ4n) is 2.09. The first-order valence-corrected chi connectivity index (χ1v) is 8.94. The van der Waals surface area contributed by atoms with E-state index in [4.69, 9.17) is 14.2 Å². The summed E-state index contributed by atoms with van der Waals surface area (Å²) in [4.78, 5) is 23.5. The van der Waals surface area contributed by atoms with Gasteiger partial charge >= 0.3 is 11.9 Å². The van der Waals surface area contributed by atoms with E-state index < -0.39 is 11.9 Å². The minimum Gasteiger partial charge on any atom is -0.508 e. The van der Waals surface area contributed by atoms with Gasteiger partial charge in [-0.15, -0.1) is 0 Å². The number of carbonyl (C=O) groups is 2.